The number of hydrogen-bond donors (Lipinski definition) is 2. The highest BCUT2D eigenvalue weighted by Gasteiger charge is 2.48. The molecule has 0 spiro atoms. The molecule has 21 heavy (non-hydrogen) atoms. The summed E-state index contributed by atoms with van der Waals surface area (Å²) in [6, 6.07) is 0. The van der Waals surface area contributed by atoms with E-state index in [0.29, 0.717) is 19.3 Å². The first-order chi connectivity index (χ1) is 10.0. The second-order valence-electron chi connectivity index (χ2n) is 6.04. The lowest BCUT2D eigenvalue weighted by Gasteiger charge is -2.17. The average molecular weight is 292 g/mol. The van der Waals surface area contributed by atoms with Crippen LogP contribution in [0.1, 0.15) is 39.5 Å². The third-order valence-electron chi connectivity index (χ3n) is 4.41. The van der Waals surface area contributed by atoms with Crippen LogP contribution in [-0.4, -0.2) is 34.5 Å². The lowest BCUT2D eigenvalue weighted by Crippen LogP contribution is -2.20. The predicted molar refractivity (Wildman–Crippen MR) is 79.1 cm³/mol. The molecule has 0 unspecified atom stereocenters. The van der Waals surface area contributed by atoms with Crippen molar-refractivity contribution in [2.24, 2.45) is 17.8 Å². The van der Waals surface area contributed by atoms with Gasteiger partial charge in [-0.15, -0.1) is 11.8 Å². The summed E-state index contributed by atoms with van der Waals surface area (Å²) >= 11 is 0. The SMILES string of the molecule is CCC#CC[C@H](C)[C@H](O)C=C[C@@H]1[C@H]2CC(=O)O[C@H]2C[C@H]1O. The standard InChI is InChI=1S/C17H24O4/c1-3-4-5-6-11(2)14(18)8-7-12-13-9-17(20)21-16(13)10-15(12)19/h7-8,11-16,18-19H,3,6,9-10H2,1-2H3/t11-,12+,13+,14+,15+,16-/m0/s1. The van der Waals surface area contributed by atoms with Gasteiger partial charge in [0.15, 0.2) is 0 Å². The maximum absolute atomic E-state index is 11.3. The van der Waals surface area contributed by atoms with Gasteiger partial charge in [-0.3, -0.25) is 4.79 Å². The normalized spacial score (nSPS) is 34.2. The summed E-state index contributed by atoms with van der Waals surface area (Å²) in [5.41, 5.74) is 0. The highest BCUT2D eigenvalue weighted by Crippen LogP contribution is 2.42. The van der Waals surface area contributed by atoms with Crippen LogP contribution in [0.25, 0.3) is 0 Å². The Bertz CT molecular complexity index is 459. The number of aliphatic hydroxyl groups excluding tert-OH is 2. The van der Waals surface area contributed by atoms with Gasteiger partial charge in [0.2, 0.25) is 0 Å². The van der Waals surface area contributed by atoms with Crippen molar-refractivity contribution in [1.82, 2.24) is 0 Å². The van der Waals surface area contributed by atoms with Gasteiger partial charge in [-0.05, 0) is 5.92 Å². The number of carbonyl (C=O) groups is 1. The first-order valence-corrected chi connectivity index (χ1v) is 7.72. The summed E-state index contributed by atoms with van der Waals surface area (Å²) in [5.74, 6) is 5.84. The van der Waals surface area contributed by atoms with Crippen molar-refractivity contribution < 1.29 is 19.7 Å². The average Bonchev–Trinajstić information content (AvgIpc) is 2.91. The van der Waals surface area contributed by atoms with E-state index in [9.17, 15) is 15.0 Å². The van der Waals surface area contributed by atoms with E-state index in [1.165, 1.54) is 0 Å². The maximum atomic E-state index is 11.3. The molecule has 2 aliphatic rings. The first-order valence-electron chi connectivity index (χ1n) is 7.72. The fourth-order valence-corrected chi connectivity index (χ4v) is 3.10. The van der Waals surface area contributed by atoms with E-state index < -0.39 is 12.2 Å². The Balaban J connectivity index is 1.91. The second kappa shape index (κ2) is 7.11. The molecule has 2 fully saturated rings. The largest absolute Gasteiger partial charge is 0.462 e. The third kappa shape index (κ3) is 3.87. The van der Waals surface area contributed by atoms with Gasteiger partial charge in [-0.2, -0.15) is 0 Å². The van der Waals surface area contributed by atoms with Gasteiger partial charge < -0.3 is 14.9 Å². The van der Waals surface area contributed by atoms with E-state index in [2.05, 4.69) is 11.8 Å². The molecule has 4 heteroatoms. The monoisotopic (exact) mass is 292 g/mol. The Kier molecular flexibility index (Phi) is 5.44. The van der Waals surface area contributed by atoms with Crippen molar-refractivity contribution in [3.63, 3.8) is 0 Å². The molecule has 1 aliphatic heterocycles. The summed E-state index contributed by atoms with van der Waals surface area (Å²) in [6.45, 7) is 3.95. The van der Waals surface area contributed by atoms with Crippen molar-refractivity contribution in [3.05, 3.63) is 12.2 Å². The fraction of sp³-hybridized carbons (Fsp3) is 0.706. The molecule has 1 saturated heterocycles. The lowest BCUT2D eigenvalue weighted by atomic mass is 9.90. The number of rotatable bonds is 4. The fourth-order valence-electron chi connectivity index (χ4n) is 3.10. The van der Waals surface area contributed by atoms with Gasteiger partial charge >= 0.3 is 5.97 Å². The third-order valence-corrected chi connectivity index (χ3v) is 4.41. The highest BCUT2D eigenvalue weighted by molar-refractivity contribution is 5.72. The second-order valence-corrected chi connectivity index (χ2v) is 6.04. The molecule has 0 aromatic carbocycles. The van der Waals surface area contributed by atoms with E-state index in [-0.39, 0.29) is 29.8 Å². The Morgan fingerprint density at radius 2 is 2.24 bits per heavy atom. The predicted octanol–water partition coefficient (Wildman–Crippen LogP) is 1.66. The van der Waals surface area contributed by atoms with E-state index in [1.807, 2.05) is 19.9 Å². The number of hydrogen-bond acceptors (Lipinski definition) is 4. The molecule has 6 atom stereocenters. The Morgan fingerprint density at radius 3 is 2.95 bits per heavy atom. The molecule has 1 aliphatic carbocycles. The maximum Gasteiger partial charge on any atom is 0.306 e. The zero-order valence-electron chi connectivity index (χ0n) is 12.7. The summed E-state index contributed by atoms with van der Waals surface area (Å²) in [7, 11) is 0. The van der Waals surface area contributed by atoms with Crippen LogP contribution in [0.4, 0.5) is 0 Å². The number of ether oxygens (including phenoxy) is 1. The Morgan fingerprint density at radius 1 is 1.48 bits per heavy atom. The van der Waals surface area contributed by atoms with Gasteiger partial charge in [0, 0.05) is 31.1 Å². The quantitative estimate of drug-likeness (QED) is 0.470. The minimum atomic E-state index is -0.583. The summed E-state index contributed by atoms with van der Waals surface area (Å²) in [6.07, 6.45) is 4.69. The molecule has 0 radical (unpaired) electrons. The van der Waals surface area contributed by atoms with Crippen LogP contribution in [0.2, 0.25) is 0 Å². The zero-order valence-corrected chi connectivity index (χ0v) is 12.7. The van der Waals surface area contributed by atoms with Crippen LogP contribution >= 0.6 is 0 Å². The number of esters is 1. The van der Waals surface area contributed by atoms with Gasteiger partial charge in [0.05, 0.1) is 18.6 Å². The summed E-state index contributed by atoms with van der Waals surface area (Å²) in [5, 5.41) is 20.2. The molecule has 0 bridgehead atoms. The zero-order chi connectivity index (χ0) is 15.4. The van der Waals surface area contributed by atoms with Crippen LogP contribution in [0.3, 0.4) is 0 Å². The summed E-state index contributed by atoms with van der Waals surface area (Å²) in [4.78, 5) is 11.3. The minimum absolute atomic E-state index is 0.0474. The number of aliphatic hydroxyl groups is 2. The van der Waals surface area contributed by atoms with Crippen LogP contribution in [0, 0.1) is 29.6 Å². The van der Waals surface area contributed by atoms with Gasteiger partial charge in [-0.25, -0.2) is 0 Å². The molecule has 0 aromatic rings. The molecule has 2 rings (SSSR count). The van der Waals surface area contributed by atoms with E-state index in [1.54, 1.807) is 6.08 Å². The lowest BCUT2D eigenvalue weighted by molar-refractivity contribution is -0.141. The van der Waals surface area contributed by atoms with Crippen LogP contribution in [0.5, 0.6) is 0 Å². The van der Waals surface area contributed by atoms with Gasteiger partial charge in [-0.1, -0.05) is 26.0 Å². The Labute approximate surface area is 126 Å². The molecule has 116 valence electrons. The molecule has 1 heterocycles. The summed E-state index contributed by atoms with van der Waals surface area (Å²) < 4.78 is 5.19. The number of fused-ring (bicyclic) bond motifs is 1. The molecular weight excluding hydrogens is 268 g/mol. The minimum Gasteiger partial charge on any atom is -0.462 e. The molecule has 0 amide bonds. The highest BCUT2D eigenvalue weighted by atomic mass is 16.6. The van der Waals surface area contributed by atoms with E-state index >= 15 is 0 Å². The van der Waals surface area contributed by atoms with Crippen molar-refractivity contribution in [1.29, 1.82) is 0 Å². The van der Waals surface area contributed by atoms with Crippen molar-refractivity contribution in [3.8, 4) is 11.8 Å². The first kappa shape index (κ1) is 16.1. The number of carbonyl (C=O) groups excluding carboxylic acids is 1. The van der Waals surface area contributed by atoms with Crippen molar-refractivity contribution in [2.45, 2.75) is 57.8 Å². The molecule has 0 aromatic heterocycles. The van der Waals surface area contributed by atoms with E-state index in [0.717, 1.165) is 6.42 Å². The van der Waals surface area contributed by atoms with Crippen LogP contribution in [-0.2, 0) is 9.53 Å². The molecular formula is C17H24O4. The van der Waals surface area contributed by atoms with Crippen LogP contribution in [0.15, 0.2) is 12.2 Å². The van der Waals surface area contributed by atoms with E-state index in [4.69, 9.17) is 4.74 Å². The van der Waals surface area contributed by atoms with Crippen molar-refractivity contribution >= 4 is 5.97 Å². The smallest absolute Gasteiger partial charge is 0.306 e. The molecule has 4 nitrogen and oxygen atoms in total. The van der Waals surface area contributed by atoms with Crippen molar-refractivity contribution in [2.75, 3.05) is 0 Å². The Hall–Kier alpha value is -1.31. The topological polar surface area (TPSA) is 66.8 Å². The van der Waals surface area contributed by atoms with Gasteiger partial charge in [0.25, 0.3) is 0 Å². The molecule has 1 saturated carbocycles. The van der Waals surface area contributed by atoms with Gasteiger partial charge in [0.1, 0.15) is 6.10 Å². The van der Waals surface area contributed by atoms with Crippen LogP contribution < -0.4 is 0 Å². The molecule has 2 N–H and O–H groups in total.